The number of Topliss-reactive ketones (excluding diaryl/α,β-unsaturated/α-hetero) is 1. The Hall–Kier alpha value is -2.82. The molecule has 0 heterocycles. The fourth-order valence-electron chi connectivity index (χ4n) is 2.87. The first-order valence-electron chi connectivity index (χ1n) is 7.87. The molecule has 0 amide bonds. The fraction of sp³-hybridized carbons (Fsp3) is 0.300. The summed E-state index contributed by atoms with van der Waals surface area (Å²) in [7, 11) is 2.98. The maximum absolute atomic E-state index is 12.5. The molecule has 0 saturated heterocycles. The van der Waals surface area contributed by atoms with Gasteiger partial charge in [-0.05, 0) is 44.0 Å². The number of benzene rings is 2. The van der Waals surface area contributed by atoms with E-state index in [0.29, 0.717) is 17.1 Å². The molecule has 0 fully saturated rings. The molecule has 2 aromatic carbocycles. The van der Waals surface area contributed by atoms with Crippen LogP contribution in [0.25, 0.3) is 0 Å². The molecule has 0 atom stereocenters. The number of ether oxygens (including phenoxy) is 3. The van der Waals surface area contributed by atoms with E-state index in [4.69, 9.17) is 14.2 Å². The Kier molecular flexibility index (Phi) is 5.80. The van der Waals surface area contributed by atoms with Crippen molar-refractivity contribution >= 4 is 11.8 Å². The maximum atomic E-state index is 12.5. The van der Waals surface area contributed by atoms with Gasteiger partial charge in [0.05, 0.1) is 14.2 Å². The smallest absolute Gasteiger partial charge is 0.342 e. The summed E-state index contributed by atoms with van der Waals surface area (Å²) in [5.41, 5.74) is 3.68. The van der Waals surface area contributed by atoms with E-state index in [2.05, 4.69) is 0 Å². The van der Waals surface area contributed by atoms with Gasteiger partial charge in [0.15, 0.2) is 6.61 Å². The van der Waals surface area contributed by atoms with Crippen molar-refractivity contribution in [2.24, 2.45) is 0 Å². The van der Waals surface area contributed by atoms with Crippen molar-refractivity contribution in [3.8, 4) is 11.5 Å². The zero-order valence-corrected chi connectivity index (χ0v) is 15.1. The molecule has 0 aliphatic rings. The highest BCUT2D eigenvalue weighted by Gasteiger charge is 2.18. The SMILES string of the molecule is COc1ccc(C(=O)OCC(=O)c2c(C)cc(C)cc2C)c(OC)c1. The van der Waals surface area contributed by atoms with Gasteiger partial charge in [-0.25, -0.2) is 4.79 Å². The molecule has 0 aliphatic heterocycles. The third-order valence-corrected chi connectivity index (χ3v) is 3.92. The normalized spacial score (nSPS) is 10.3. The van der Waals surface area contributed by atoms with Gasteiger partial charge < -0.3 is 14.2 Å². The average Bonchev–Trinajstić information content (AvgIpc) is 2.58. The third kappa shape index (κ3) is 4.18. The Balaban J connectivity index is 2.14. The predicted octanol–water partition coefficient (Wildman–Crippen LogP) is 3.67. The van der Waals surface area contributed by atoms with Crippen LogP contribution in [0.4, 0.5) is 0 Å². The van der Waals surface area contributed by atoms with Gasteiger partial charge >= 0.3 is 5.97 Å². The lowest BCUT2D eigenvalue weighted by Gasteiger charge is -2.12. The summed E-state index contributed by atoms with van der Waals surface area (Å²) in [5, 5.41) is 0. The second-order valence-electron chi connectivity index (χ2n) is 5.84. The van der Waals surface area contributed by atoms with E-state index in [0.717, 1.165) is 16.7 Å². The number of esters is 1. The summed E-state index contributed by atoms with van der Waals surface area (Å²) in [5.74, 6) is 0.0565. The Morgan fingerprint density at radius 1 is 0.920 bits per heavy atom. The predicted molar refractivity (Wildman–Crippen MR) is 94.8 cm³/mol. The van der Waals surface area contributed by atoms with Gasteiger partial charge in [-0.1, -0.05) is 17.7 Å². The number of ketones is 1. The minimum absolute atomic E-state index is 0.226. The monoisotopic (exact) mass is 342 g/mol. The van der Waals surface area contributed by atoms with Crippen LogP contribution < -0.4 is 9.47 Å². The Bertz CT molecular complexity index is 785. The van der Waals surface area contributed by atoms with Crippen LogP contribution in [0.3, 0.4) is 0 Å². The molecule has 0 unspecified atom stereocenters. The van der Waals surface area contributed by atoms with Crippen LogP contribution in [-0.4, -0.2) is 32.6 Å². The Labute approximate surface area is 147 Å². The summed E-state index contributed by atoms with van der Waals surface area (Å²) in [6, 6.07) is 8.65. The molecule has 0 bridgehead atoms. The zero-order chi connectivity index (χ0) is 18.6. The molecule has 2 rings (SSSR count). The summed E-state index contributed by atoms with van der Waals surface area (Å²) in [6.07, 6.45) is 0. The second kappa shape index (κ2) is 7.83. The van der Waals surface area contributed by atoms with Crippen LogP contribution in [0, 0.1) is 20.8 Å². The number of aryl methyl sites for hydroxylation is 3. The molecule has 0 radical (unpaired) electrons. The molecule has 5 nitrogen and oxygen atoms in total. The molecule has 5 heteroatoms. The first kappa shape index (κ1) is 18.5. The summed E-state index contributed by atoms with van der Waals surface area (Å²) in [4.78, 5) is 24.7. The van der Waals surface area contributed by atoms with Gasteiger partial charge in [0.25, 0.3) is 0 Å². The largest absolute Gasteiger partial charge is 0.497 e. The van der Waals surface area contributed by atoms with Crippen LogP contribution in [0.5, 0.6) is 11.5 Å². The molecule has 0 spiro atoms. The number of hydrogen-bond donors (Lipinski definition) is 0. The summed E-state index contributed by atoms with van der Waals surface area (Å²) in [6.45, 7) is 5.41. The van der Waals surface area contributed by atoms with Gasteiger partial charge in [-0.15, -0.1) is 0 Å². The van der Waals surface area contributed by atoms with Crippen molar-refractivity contribution in [1.29, 1.82) is 0 Å². The molecule has 0 aliphatic carbocycles. The Morgan fingerprint density at radius 3 is 2.12 bits per heavy atom. The van der Waals surface area contributed by atoms with Crippen LogP contribution >= 0.6 is 0 Å². The van der Waals surface area contributed by atoms with E-state index >= 15 is 0 Å². The number of hydrogen-bond acceptors (Lipinski definition) is 5. The van der Waals surface area contributed by atoms with Gasteiger partial charge in [0.1, 0.15) is 17.1 Å². The second-order valence-corrected chi connectivity index (χ2v) is 5.84. The molecule has 132 valence electrons. The lowest BCUT2D eigenvalue weighted by Crippen LogP contribution is -2.17. The van der Waals surface area contributed by atoms with E-state index in [9.17, 15) is 9.59 Å². The quantitative estimate of drug-likeness (QED) is 0.592. The molecule has 0 saturated carbocycles. The number of carbonyl (C=O) groups is 2. The highest BCUT2D eigenvalue weighted by Crippen LogP contribution is 2.25. The highest BCUT2D eigenvalue weighted by molar-refractivity contribution is 6.02. The van der Waals surface area contributed by atoms with Crippen molar-refractivity contribution in [1.82, 2.24) is 0 Å². The van der Waals surface area contributed by atoms with Gasteiger partial charge in [-0.3, -0.25) is 4.79 Å². The van der Waals surface area contributed by atoms with Crippen LogP contribution in [0.1, 0.15) is 37.4 Å². The number of rotatable bonds is 6. The van der Waals surface area contributed by atoms with Crippen molar-refractivity contribution < 1.29 is 23.8 Å². The van der Waals surface area contributed by atoms with Crippen molar-refractivity contribution in [2.45, 2.75) is 20.8 Å². The van der Waals surface area contributed by atoms with Crippen molar-refractivity contribution in [3.05, 3.63) is 58.1 Å². The summed E-state index contributed by atoms with van der Waals surface area (Å²) >= 11 is 0. The van der Waals surface area contributed by atoms with Gasteiger partial charge in [0, 0.05) is 11.6 Å². The number of methoxy groups -OCH3 is 2. The Morgan fingerprint density at radius 2 is 1.56 bits per heavy atom. The fourth-order valence-corrected chi connectivity index (χ4v) is 2.87. The van der Waals surface area contributed by atoms with Crippen LogP contribution in [0.2, 0.25) is 0 Å². The average molecular weight is 342 g/mol. The van der Waals surface area contributed by atoms with Crippen molar-refractivity contribution in [3.63, 3.8) is 0 Å². The van der Waals surface area contributed by atoms with E-state index in [1.165, 1.54) is 14.2 Å². The molecule has 2 aromatic rings. The maximum Gasteiger partial charge on any atom is 0.342 e. The first-order chi connectivity index (χ1) is 11.9. The topological polar surface area (TPSA) is 61.8 Å². The van der Waals surface area contributed by atoms with Gasteiger partial charge in [-0.2, -0.15) is 0 Å². The van der Waals surface area contributed by atoms with E-state index in [-0.39, 0.29) is 18.0 Å². The molecular formula is C20H22O5. The minimum atomic E-state index is -0.615. The van der Waals surface area contributed by atoms with Crippen LogP contribution in [-0.2, 0) is 4.74 Å². The summed E-state index contributed by atoms with van der Waals surface area (Å²) < 4.78 is 15.5. The van der Waals surface area contributed by atoms with Crippen LogP contribution in [0.15, 0.2) is 30.3 Å². The molecule has 0 N–H and O–H groups in total. The molecule has 0 aromatic heterocycles. The highest BCUT2D eigenvalue weighted by atomic mass is 16.5. The van der Waals surface area contributed by atoms with Gasteiger partial charge in [0.2, 0.25) is 5.78 Å². The molecule has 25 heavy (non-hydrogen) atoms. The first-order valence-corrected chi connectivity index (χ1v) is 7.87. The standard InChI is InChI=1S/C20H22O5/c1-12-8-13(2)19(14(3)9-12)17(21)11-25-20(22)16-7-6-15(23-4)10-18(16)24-5/h6-10H,11H2,1-5H3. The van der Waals surface area contributed by atoms with Crippen molar-refractivity contribution in [2.75, 3.05) is 20.8 Å². The van der Waals surface area contributed by atoms with E-state index in [1.54, 1.807) is 18.2 Å². The third-order valence-electron chi connectivity index (χ3n) is 3.92. The minimum Gasteiger partial charge on any atom is -0.497 e. The lowest BCUT2D eigenvalue weighted by molar-refractivity contribution is 0.0471. The molecular weight excluding hydrogens is 320 g/mol. The van der Waals surface area contributed by atoms with E-state index in [1.807, 2.05) is 32.9 Å². The zero-order valence-electron chi connectivity index (χ0n) is 15.1. The number of carbonyl (C=O) groups excluding carboxylic acids is 2. The lowest BCUT2D eigenvalue weighted by atomic mass is 9.97. The van der Waals surface area contributed by atoms with E-state index < -0.39 is 5.97 Å².